The molecule has 1 saturated carbocycles. The average Bonchev–Trinajstić information content (AvgIpc) is 3.78. The number of morpholine rings is 1. The van der Waals surface area contributed by atoms with Gasteiger partial charge in [-0.15, -0.1) is 0 Å². The van der Waals surface area contributed by atoms with E-state index >= 15 is 4.39 Å². The molecule has 3 atom stereocenters. The standard InChI is InChI=1S/C28H34FN5O5/c1-2-21-20(15-39-33-21)27(35)32-24(16-5-3-4-6-16)26-30-22-8-7-17(23(29)25(22)31-26)18-13-38-14-19(18)28(36)34-9-11-37-12-10-34/h7-8,15-16,18-19,24H,2-6,9-14H2,1H3,(H,30,31)(H,32,35)/t18?,19?,24-/m0/s1. The van der Waals surface area contributed by atoms with Crippen molar-refractivity contribution in [3.63, 3.8) is 0 Å². The molecule has 2 amide bonds. The van der Waals surface area contributed by atoms with Crippen LogP contribution in [0.4, 0.5) is 4.39 Å². The number of H-pyrrole nitrogens is 1. The first-order chi connectivity index (χ1) is 19.0. The van der Waals surface area contributed by atoms with Crippen LogP contribution >= 0.6 is 0 Å². The molecule has 10 nitrogen and oxygen atoms in total. The van der Waals surface area contributed by atoms with Gasteiger partial charge in [-0.2, -0.15) is 0 Å². The highest BCUT2D eigenvalue weighted by atomic mass is 19.1. The van der Waals surface area contributed by atoms with Crippen molar-refractivity contribution in [2.75, 3.05) is 39.5 Å². The van der Waals surface area contributed by atoms with Crippen molar-refractivity contribution < 1.29 is 28.0 Å². The van der Waals surface area contributed by atoms with Gasteiger partial charge < -0.3 is 29.2 Å². The third-order valence-electron chi connectivity index (χ3n) is 8.44. The minimum absolute atomic E-state index is 0.0211. The highest BCUT2D eigenvalue weighted by molar-refractivity contribution is 5.95. The maximum absolute atomic E-state index is 16.0. The molecule has 2 N–H and O–H groups in total. The average molecular weight is 540 g/mol. The topological polar surface area (TPSA) is 123 Å². The van der Waals surface area contributed by atoms with E-state index in [0.29, 0.717) is 60.9 Å². The van der Waals surface area contributed by atoms with Crippen LogP contribution in [0.1, 0.15) is 72.0 Å². The van der Waals surface area contributed by atoms with Gasteiger partial charge >= 0.3 is 0 Å². The molecule has 208 valence electrons. The number of carbonyl (C=O) groups is 2. The molecule has 3 aliphatic rings. The Morgan fingerprint density at radius 2 is 1.97 bits per heavy atom. The van der Waals surface area contributed by atoms with Crippen LogP contribution in [0.5, 0.6) is 0 Å². The van der Waals surface area contributed by atoms with Gasteiger partial charge in [0.1, 0.15) is 23.2 Å². The summed E-state index contributed by atoms with van der Waals surface area (Å²) in [6.07, 6.45) is 5.98. The molecular formula is C28H34FN5O5. The molecule has 6 rings (SSSR count). The van der Waals surface area contributed by atoms with E-state index in [2.05, 4.69) is 20.4 Å². The normalized spacial score (nSPS) is 23.0. The molecule has 2 aliphatic heterocycles. The molecule has 1 aliphatic carbocycles. The molecule has 0 spiro atoms. The van der Waals surface area contributed by atoms with Gasteiger partial charge in [-0.25, -0.2) is 9.37 Å². The third kappa shape index (κ3) is 4.93. The van der Waals surface area contributed by atoms with E-state index in [9.17, 15) is 9.59 Å². The second-order valence-electron chi connectivity index (χ2n) is 10.7. The number of hydrogen-bond donors (Lipinski definition) is 2. The van der Waals surface area contributed by atoms with Crippen molar-refractivity contribution in [1.82, 2.24) is 25.3 Å². The number of aromatic amines is 1. The van der Waals surface area contributed by atoms with Crippen LogP contribution in [0.3, 0.4) is 0 Å². The number of aromatic nitrogens is 3. The van der Waals surface area contributed by atoms with Crippen LogP contribution in [-0.2, 0) is 20.7 Å². The first-order valence-electron chi connectivity index (χ1n) is 13.9. The summed E-state index contributed by atoms with van der Waals surface area (Å²) in [4.78, 5) is 36.2. The summed E-state index contributed by atoms with van der Waals surface area (Å²) < 4.78 is 32.1. The van der Waals surface area contributed by atoms with E-state index in [1.165, 1.54) is 6.26 Å². The van der Waals surface area contributed by atoms with Gasteiger partial charge in [-0.3, -0.25) is 9.59 Å². The number of ether oxygens (including phenoxy) is 2. The molecule has 4 heterocycles. The van der Waals surface area contributed by atoms with Gasteiger partial charge in [-0.1, -0.05) is 31.0 Å². The van der Waals surface area contributed by atoms with Gasteiger partial charge in [0.05, 0.1) is 49.6 Å². The zero-order valence-corrected chi connectivity index (χ0v) is 22.1. The second kappa shape index (κ2) is 11.1. The number of carbonyl (C=O) groups excluding carboxylic acids is 2. The van der Waals surface area contributed by atoms with Crippen molar-refractivity contribution in [1.29, 1.82) is 0 Å². The molecule has 39 heavy (non-hydrogen) atoms. The lowest BCUT2D eigenvalue weighted by molar-refractivity contribution is -0.140. The molecule has 0 radical (unpaired) electrons. The molecule has 0 bridgehead atoms. The van der Waals surface area contributed by atoms with E-state index < -0.39 is 23.7 Å². The highest BCUT2D eigenvalue weighted by Gasteiger charge is 2.40. The summed E-state index contributed by atoms with van der Waals surface area (Å²) >= 11 is 0. The first-order valence-corrected chi connectivity index (χ1v) is 13.9. The maximum Gasteiger partial charge on any atom is 0.257 e. The summed E-state index contributed by atoms with van der Waals surface area (Å²) in [5.74, 6) is -0.882. The number of nitrogens with one attached hydrogen (secondary N) is 2. The number of rotatable bonds is 7. The van der Waals surface area contributed by atoms with Gasteiger partial charge in [0.2, 0.25) is 5.91 Å². The van der Waals surface area contributed by atoms with Gasteiger partial charge in [0.15, 0.2) is 5.82 Å². The van der Waals surface area contributed by atoms with E-state index in [1.54, 1.807) is 11.0 Å². The summed E-state index contributed by atoms with van der Waals surface area (Å²) in [6, 6.07) is 3.13. The SMILES string of the molecule is CCc1nocc1C(=O)N[C@H](c1nc2c(F)c(C3COCC3C(=O)N3CCOCC3)ccc2[nH]1)C1CCCC1. The summed E-state index contributed by atoms with van der Waals surface area (Å²) in [5, 5.41) is 7.05. The van der Waals surface area contributed by atoms with Gasteiger partial charge in [-0.05, 0) is 36.8 Å². The smallest absolute Gasteiger partial charge is 0.257 e. The Morgan fingerprint density at radius 1 is 1.18 bits per heavy atom. The quantitative estimate of drug-likeness (QED) is 0.471. The summed E-state index contributed by atoms with van der Waals surface area (Å²) in [5.41, 5.74) is 2.20. The van der Waals surface area contributed by atoms with Crippen LogP contribution in [0.2, 0.25) is 0 Å². The lowest BCUT2D eigenvalue weighted by Gasteiger charge is -2.30. The third-order valence-corrected chi connectivity index (χ3v) is 8.44. The Morgan fingerprint density at radius 3 is 2.74 bits per heavy atom. The van der Waals surface area contributed by atoms with Crippen LogP contribution in [0.15, 0.2) is 22.9 Å². The number of halogens is 1. The number of aryl methyl sites for hydroxylation is 1. The highest BCUT2D eigenvalue weighted by Crippen LogP contribution is 2.38. The fourth-order valence-electron chi connectivity index (χ4n) is 6.25. The molecule has 3 fully saturated rings. The number of nitrogens with zero attached hydrogens (tertiary/aromatic N) is 3. The number of benzene rings is 1. The Kier molecular flexibility index (Phi) is 7.35. The Bertz CT molecular complexity index is 1340. The lowest BCUT2D eigenvalue weighted by Crippen LogP contribution is -2.45. The van der Waals surface area contributed by atoms with E-state index in [-0.39, 0.29) is 36.5 Å². The molecule has 1 aromatic carbocycles. The Labute approximate surface area is 225 Å². The molecule has 2 saturated heterocycles. The molecule has 2 aromatic heterocycles. The second-order valence-corrected chi connectivity index (χ2v) is 10.7. The molecule has 11 heteroatoms. The number of hydrogen-bond acceptors (Lipinski definition) is 7. The predicted octanol–water partition coefficient (Wildman–Crippen LogP) is 3.50. The van der Waals surface area contributed by atoms with E-state index in [1.807, 2.05) is 13.0 Å². The minimum atomic E-state index is -0.450. The zero-order valence-electron chi connectivity index (χ0n) is 22.1. The van der Waals surface area contributed by atoms with Crippen molar-refractivity contribution in [3.8, 4) is 0 Å². The summed E-state index contributed by atoms with van der Waals surface area (Å²) in [6.45, 7) is 4.55. The van der Waals surface area contributed by atoms with Crippen LogP contribution in [0.25, 0.3) is 11.0 Å². The fraction of sp³-hybridized carbons (Fsp3) is 0.571. The number of amides is 2. The molecular weight excluding hydrogens is 505 g/mol. The van der Waals surface area contributed by atoms with E-state index in [4.69, 9.17) is 14.0 Å². The van der Waals surface area contributed by atoms with E-state index in [0.717, 1.165) is 25.7 Å². The van der Waals surface area contributed by atoms with Crippen molar-refractivity contribution in [3.05, 3.63) is 46.9 Å². The van der Waals surface area contributed by atoms with Crippen molar-refractivity contribution in [2.45, 2.75) is 51.0 Å². The summed E-state index contributed by atoms with van der Waals surface area (Å²) in [7, 11) is 0. The van der Waals surface area contributed by atoms with Crippen LogP contribution in [-0.4, -0.2) is 71.4 Å². The van der Waals surface area contributed by atoms with Crippen LogP contribution in [0, 0.1) is 17.7 Å². The first kappa shape index (κ1) is 25.9. The van der Waals surface area contributed by atoms with Crippen molar-refractivity contribution in [2.24, 2.45) is 11.8 Å². The molecule has 3 aromatic rings. The fourth-order valence-corrected chi connectivity index (χ4v) is 6.25. The lowest BCUT2D eigenvalue weighted by atomic mass is 9.87. The predicted molar refractivity (Wildman–Crippen MR) is 139 cm³/mol. The largest absolute Gasteiger partial charge is 0.380 e. The number of fused-ring (bicyclic) bond motifs is 1. The van der Waals surface area contributed by atoms with Gasteiger partial charge in [0.25, 0.3) is 5.91 Å². The maximum atomic E-state index is 16.0. The number of imidazole rings is 1. The molecule has 2 unspecified atom stereocenters. The monoisotopic (exact) mass is 539 g/mol. The minimum Gasteiger partial charge on any atom is -0.380 e. The van der Waals surface area contributed by atoms with Crippen LogP contribution < -0.4 is 5.32 Å². The Hall–Kier alpha value is -3.31. The zero-order chi connectivity index (χ0) is 26.9. The van der Waals surface area contributed by atoms with Gasteiger partial charge in [0, 0.05) is 19.0 Å². The Balaban J connectivity index is 1.29. The van der Waals surface area contributed by atoms with Crippen molar-refractivity contribution >= 4 is 22.8 Å².